The number of hydrogen-bond acceptors (Lipinski definition) is 5. The van der Waals surface area contributed by atoms with E-state index in [9.17, 15) is 9.59 Å². The summed E-state index contributed by atoms with van der Waals surface area (Å²) in [5.74, 6) is 0.101. The average Bonchev–Trinajstić information content (AvgIpc) is 3.33. The van der Waals surface area contributed by atoms with Crippen LogP contribution in [0.4, 0.5) is 0 Å². The summed E-state index contributed by atoms with van der Waals surface area (Å²) in [6.45, 7) is 3.89. The van der Waals surface area contributed by atoms with Gasteiger partial charge >= 0.3 is 5.97 Å². The zero-order valence-electron chi connectivity index (χ0n) is 16.5. The summed E-state index contributed by atoms with van der Waals surface area (Å²) in [7, 11) is 0. The van der Waals surface area contributed by atoms with E-state index in [4.69, 9.17) is 9.47 Å². The molecule has 30 heavy (non-hydrogen) atoms. The highest BCUT2D eigenvalue weighted by atomic mass is 32.1. The lowest BCUT2D eigenvalue weighted by molar-refractivity contribution is 0.0324. The number of fused-ring (bicyclic) bond motifs is 4. The molecule has 1 aliphatic rings. The molecular weight excluding hydrogens is 398 g/mol. The van der Waals surface area contributed by atoms with Gasteiger partial charge in [-0.05, 0) is 38.1 Å². The molecule has 1 aliphatic heterocycles. The van der Waals surface area contributed by atoms with E-state index in [1.165, 1.54) is 11.3 Å². The van der Waals surface area contributed by atoms with Crippen molar-refractivity contribution in [2.75, 3.05) is 0 Å². The molecule has 0 saturated heterocycles. The van der Waals surface area contributed by atoms with Crippen molar-refractivity contribution in [1.82, 2.24) is 4.98 Å². The van der Waals surface area contributed by atoms with Crippen molar-refractivity contribution in [2.24, 2.45) is 0 Å². The summed E-state index contributed by atoms with van der Waals surface area (Å²) < 4.78 is 11.3. The lowest BCUT2D eigenvalue weighted by Crippen LogP contribution is -2.24. The van der Waals surface area contributed by atoms with Gasteiger partial charge in [0.1, 0.15) is 17.2 Å². The summed E-state index contributed by atoms with van der Waals surface area (Å²) in [6, 6.07) is 17.2. The van der Waals surface area contributed by atoms with E-state index < -0.39 is 12.1 Å². The summed E-state index contributed by atoms with van der Waals surface area (Å²) in [6.07, 6.45) is -0.891. The second-order valence-electron chi connectivity index (χ2n) is 7.33. The Morgan fingerprint density at radius 2 is 1.90 bits per heavy atom. The third-order valence-electron chi connectivity index (χ3n) is 5.32. The van der Waals surface area contributed by atoms with Crippen LogP contribution in [0.5, 0.6) is 5.75 Å². The van der Waals surface area contributed by atoms with Crippen molar-refractivity contribution < 1.29 is 19.1 Å². The summed E-state index contributed by atoms with van der Waals surface area (Å²) in [5, 5.41) is 0.836. The van der Waals surface area contributed by atoms with E-state index in [1.807, 2.05) is 55.5 Å². The van der Waals surface area contributed by atoms with Crippen LogP contribution in [0, 0.1) is 6.92 Å². The third kappa shape index (κ3) is 3.00. The van der Waals surface area contributed by atoms with Crippen molar-refractivity contribution in [1.29, 1.82) is 0 Å². The Hall–Kier alpha value is -3.38. The molecule has 0 bridgehead atoms. The zero-order valence-corrected chi connectivity index (χ0v) is 17.3. The molecule has 2 aromatic carbocycles. The van der Waals surface area contributed by atoms with Gasteiger partial charge in [0.05, 0.1) is 0 Å². The van der Waals surface area contributed by atoms with Crippen LogP contribution >= 0.6 is 11.3 Å². The van der Waals surface area contributed by atoms with Crippen LogP contribution in [0.25, 0.3) is 21.3 Å². The number of aromatic amines is 1. The SMILES string of the molecule is Cc1[nH]c2ccccc2c1C(=O)[C@H](C)OC(=O)c1cc2c(s1)-c1ccccc1OC2. The molecule has 0 spiro atoms. The fraction of sp³-hybridized carbons (Fsp3) is 0.167. The first-order valence-electron chi connectivity index (χ1n) is 9.70. The molecule has 5 nitrogen and oxygen atoms in total. The first-order valence-corrected chi connectivity index (χ1v) is 10.5. The van der Waals surface area contributed by atoms with Crippen LogP contribution in [0.3, 0.4) is 0 Å². The predicted octanol–water partition coefficient (Wildman–Crippen LogP) is 5.53. The molecule has 6 heteroatoms. The van der Waals surface area contributed by atoms with Crippen LogP contribution < -0.4 is 4.74 Å². The number of ketones is 1. The Morgan fingerprint density at radius 1 is 1.13 bits per heavy atom. The van der Waals surface area contributed by atoms with Gasteiger partial charge in [0, 0.05) is 38.2 Å². The molecule has 0 amide bonds. The summed E-state index contributed by atoms with van der Waals surface area (Å²) >= 11 is 1.37. The molecule has 0 aliphatic carbocycles. The molecular formula is C24H19NO4S. The van der Waals surface area contributed by atoms with E-state index in [2.05, 4.69) is 4.98 Å². The normalized spacial score (nSPS) is 13.3. The van der Waals surface area contributed by atoms with Crippen molar-refractivity contribution in [3.8, 4) is 16.2 Å². The van der Waals surface area contributed by atoms with Gasteiger partial charge in [-0.15, -0.1) is 11.3 Å². The number of para-hydroxylation sites is 2. The van der Waals surface area contributed by atoms with Gasteiger partial charge in [0.25, 0.3) is 0 Å². The molecule has 150 valence electrons. The number of hydrogen-bond donors (Lipinski definition) is 1. The number of Topliss-reactive ketones (excluding diaryl/α,β-unsaturated/α-hetero) is 1. The minimum Gasteiger partial charge on any atom is -0.488 e. The van der Waals surface area contributed by atoms with E-state index >= 15 is 0 Å². The molecule has 1 atom stereocenters. The number of carbonyl (C=O) groups excluding carboxylic acids is 2. The molecule has 3 heterocycles. The van der Waals surface area contributed by atoms with Crippen LogP contribution in [-0.2, 0) is 11.3 Å². The van der Waals surface area contributed by atoms with Crippen molar-refractivity contribution in [2.45, 2.75) is 26.6 Å². The lowest BCUT2D eigenvalue weighted by atomic mass is 10.0. The maximum Gasteiger partial charge on any atom is 0.349 e. The molecule has 0 radical (unpaired) electrons. The third-order valence-corrected chi connectivity index (χ3v) is 6.51. The monoisotopic (exact) mass is 417 g/mol. The van der Waals surface area contributed by atoms with Gasteiger partial charge in [0.15, 0.2) is 6.10 Å². The van der Waals surface area contributed by atoms with Crippen molar-refractivity contribution in [3.63, 3.8) is 0 Å². The second kappa shape index (κ2) is 7.15. The standard InChI is InChI=1S/C24H19NO4S/c1-13-21(16-7-3-5-9-18(16)25-13)22(26)14(2)29-24(27)20-11-15-12-28-19-10-6-4-8-17(19)23(15)30-20/h3-11,14,25H,12H2,1-2H3/t14-/m0/s1. The van der Waals surface area contributed by atoms with Crippen molar-refractivity contribution in [3.05, 3.63) is 76.3 Å². The minimum atomic E-state index is -0.891. The molecule has 0 unspecified atom stereocenters. The highest BCUT2D eigenvalue weighted by Gasteiger charge is 2.27. The Morgan fingerprint density at radius 3 is 2.77 bits per heavy atom. The molecule has 2 aromatic heterocycles. The molecule has 5 rings (SSSR count). The maximum absolute atomic E-state index is 13.1. The topological polar surface area (TPSA) is 68.4 Å². The number of nitrogens with one attached hydrogen (secondary N) is 1. The fourth-order valence-electron chi connectivity index (χ4n) is 3.87. The quantitative estimate of drug-likeness (QED) is 0.350. The van der Waals surface area contributed by atoms with Gasteiger partial charge in [0.2, 0.25) is 5.78 Å². The first kappa shape index (κ1) is 18.6. The summed E-state index contributed by atoms with van der Waals surface area (Å²) in [4.78, 5) is 30.5. The molecule has 0 saturated carbocycles. The number of aromatic nitrogens is 1. The number of esters is 1. The Kier molecular flexibility index (Phi) is 4.44. The van der Waals surface area contributed by atoms with Crippen molar-refractivity contribution >= 4 is 34.0 Å². The van der Waals surface area contributed by atoms with E-state index in [-0.39, 0.29) is 5.78 Å². The van der Waals surface area contributed by atoms with Crippen LogP contribution in [0.1, 0.15) is 38.2 Å². The smallest absolute Gasteiger partial charge is 0.349 e. The van der Waals surface area contributed by atoms with Gasteiger partial charge in [-0.1, -0.05) is 30.3 Å². The Labute approximate surface area is 177 Å². The van der Waals surface area contributed by atoms with E-state index in [0.717, 1.165) is 38.4 Å². The number of ether oxygens (including phenoxy) is 2. The minimum absolute atomic E-state index is 0.215. The first-order chi connectivity index (χ1) is 14.5. The Bertz CT molecular complexity index is 1300. The number of carbonyl (C=O) groups is 2. The number of thiophene rings is 1. The average molecular weight is 417 g/mol. The van der Waals surface area contributed by atoms with Gasteiger partial charge in [-0.2, -0.15) is 0 Å². The van der Waals surface area contributed by atoms with Crippen LogP contribution in [0.15, 0.2) is 54.6 Å². The summed E-state index contributed by atoms with van der Waals surface area (Å²) in [5.41, 5.74) is 4.16. The number of rotatable bonds is 4. The highest BCUT2D eigenvalue weighted by molar-refractivity contribution is 7.17. The number of aryl methyl sites for hydroxylation is 1. The highest BCUT2D eigenvalue weighted by Crippen LogP contribution is 2.42. The largest absolute Gasteiger partial charge is 0.488 e. The maximum atomic E-state index is 13.1. The van der Waals surface area contributed by atoms with Gasteiger partial charge in [-0.3, -0.25) is 4.79 Å². The van der Waals surface area contributed by atoms with Crippen LogP contribution in [-0.4, -0.2) is 22.8 Å². The van der Waals surface area contributed by atoms with E-state index in [0.29, 0.717) is 17.0 Å². The number of H-pyrrole nitrogens is 1. The molecule has 4 aromatic rings. The Balaban J connectivity index is 1.39. The molecule has 0 fully saturated rings. The van der Waals surface area contributed by atoms with E-state index in [1.54, 1.807) is 13.0 Å². The molecule has 1 N–H and O–H groups in total. The predicted molar refractivity (Wildman–Crippen MR) is 116 cm³/mol. The van der Waals surface area contributed by atoms with Gasteiger partial charge < -0.3 is 14.5 Å². The second-order valence-corrected chi connectivity index (χ2v) is 8.38. The number of benzene rings is 2. The van der Waals surface area contributed by atoms with Gasteiger partial charge in [-0.25, -0.2) is 4.79 Å². The fourth-order valence-corrected chi connectivity index (χ4v) is 4.95. The zero-order chi connectivity index (χ0) is 20.8. The lowest BCUT2D eigenvalue weighted by Gasteiger charge is -2.16. The van der Waals surface area contributed by atoms with Crippen LogP contribution in [0.2, 0.25) is 0 Å².